The fraction of sp³-hybridized carbons (Fsp3) is 0.368. The van der Waals surface area contributed by atoms with Gasteiger partial charge in [-0.1, -0.05) is 24.3 Å². The van der Waals surface area contributed by atoms with Gasteiger partial charge in [0.1, 0.15) is 5.75 Å². The van der Waals surface area contributed by atoms with Crippen LogP contribution in [0.4, 0.5) is 5.69 Å². The minimum absolute atomic E-state index is 0.152. The Balaban J connectivity index is 1.59. The van der Waals surface area contributed by atoms with Crippen molar-refractivity contribution in [1.82, 2.24) is 4.90 Å². The molecular formula is C19H18N2O3. The molecule has 0 N–H and O–H groups in total. The number of nitro benzene ring substituents is 1. The molecule has 2 aromatic rings. The number of rotatable bonds is 1. The Morgan fingerprint density at radius 1 is 1.17 bits per heavy atom. The van der Waals surface area contributed by atoms with E-state index in [0.29, 0.717) is 18.6 Å². The fourth-order valence-electron chi connectivity index (χ4n) is 4.75. The van der Waals surface area contributed by atoms with Gasteiger partial charge < -0.3 is 4.74 Å². The average molecular weight is 322 g/mol. The van der Waals surface area contributed by atoms with Crippen LogP contribution in [0.5, 0.6) is 5.75 Å². The molecule has 3 atom stereocenters. The largest absolute Gasteiger partial charge is 0.493 e. The lowest BCUT2D eigenvalue weighted by Gasteiger charge is -2.38. The number of hydrogen-bond acceptors (Lipinski definition) is 4. The smallest absolute Gasteiger partial charge is 0.270 e. The number of hydrogen-bond donors (Lipinski definition) is 0. The quantitative estimate of drug-likeness (QED) is 0.594. The number of fused-ring (bicyclic) bond motifs is 7. The van der Waals surface area contributed by atoms with Crippen LogP contribution in [0.3, 0.4) is 0 Å². The molecule has 0 unspecified atom stereocenters. The lowest BCUT2D eigenvalue weighted by molar-refractivity contribution is -0.385. The van der Waals surface area contributed by atoms with Crippen LogP contribution in [0.1, 0.15) is 35.2 Å². The zero-order valence-corrected chi connectivity index (χ0v) is 13.2. The van der Waals surface area contributed by atoms with Crippen LogP contribution in [0.15, 0.2) is 42.5 Å². The van der Waals surface area contributed by atoms with Gasteiger partial charge in [-0.05, 0) is 30.0 Å². The zero-order valence-electron chi connectivity index (χ0n) is 13.2. The number of benzene rings is 2. The lowest BCUT2D eigenvalue weighted by Crippen LogP contribution is -2.36. The van der Waals surface area contributed by atoms with Crippen molar-refractivity contribution in [2.75, 3.05) is 13.2 Å². The first-order valence-corrected chi connectivity index (χ1v) is 8.47. The van der Waals surface area contributed by atoms with Gasteiger partial charge in [-0.2, -0.15) is 0 Å². The monoisotopic (exact) mass is 322 g/mol. The summed E-state index contributed by atoms with van der Waals surface area (Å²) in [5.74, 6) is 1.21. The van der Waals surface area contributed by atoms with Crippen molar-refractivity contribution in [2.45, 2.75) is 24.9 Å². The summed E-state index contributed by atoms with van der Waals surface area (Å²) in [5.41, 5.74) is 4.00. The van der Waals surface area contributed by atoms with E-state index in [1.807, 2.05) is 0 Å². The molecule has 1 saturated heterocycles. The van der Waals surface area contributed by atoms with Gasteiger partial charge in [-0.3, -0.25) is 15.0 Å². The van der Waals surface area contributed by atoms with Crippen LogP contribution < -0.4 is 4.74 Å². The van der Waals surface area contributed by atoms with E-state index in [9.17, 15) is 10.1 Å². The molecule has 1 fully saturated rings. The Morgan fingerprint density at radius 2 is 2.04 bits per heavy atom. The summed E-state index contributed by atoms with van der Waals surface area (Å²) in [5, 5.41) is 11.2. The molecule has 24 heavy (non-hydrogen) atoms. The predicted molar refractivity (Wildman–Crippen MR) is 89.0 cm³/mol. The van der Waals surface area contributed by atoms with E-state index in [2.05, 4.69) is 29.2 Å². The third-order valence-electron chi connectivity index (χ3n) is 5.76. The van der Waals surface area contributed by atoms with Gasteiger partial charge in [0.25, 0.3) is 5.69 Å². The standard InChI is InChI=1S/C19H18N2O3/c22-21(23)14-5-6-18-16(10-14)19-13(11-24-18)9-17-15-4-2-1-3-12(15)7-8-20(17)19/h1-6,10,13,17,19H,7-9,11H2/t13-,17-,19-/m1/s1. The number of nitro groups is 1. The van der Waals surface area contributed by atoms with Crippen molar-refractivity contribution in [3.63, 3.8) is 0 Å². The Kier molecular flexibility index (Phi) is 2.94. The maximum Gasteiger partial charge on any atom is 0.270 e. The highest BCUT2D eigenvalue weighted by molar-refractivity contribution is 5.48. The van der Waals surface area contributed by atoms with Crippen molar-refractivity contribution < 1.29 is 9.66 Å². The summed E-state index contributed by atoms with van der Waals surface area (Å²) in [6, 6.07) is 14.3. The maximum absolute atomic E-state index is 11.2. The highest BCUT2D eigenvalue weighted by Gasteiger charge is 2.47. The second-order valence-corrected chi connectivity index (χ2v) is 6.93. The Bertz CT molecular complexity index is 835. The van der Waals surface area contributed by atoms with E-state index in [1.54, 1.807) is 12.1 Å². The van der Waals surface area contributed by atoms with Gasteiger partial charge in [-0.15, -0.1) is 0 Å². The third-order valence-corrected chi connectivity index (χ3v) is 5.76. The van der Waals surface area contributed by atoms with Crippen LogP contribution in [-0.2, 0) is 6.42 Å². The fourth-order valence-corrected chi connectivity index (χ4v) is 4.75. The molecule has 0 bridgehead atoms. The second-order valence-electron chi connectivity index (χ2n) is 6.93. The van der Waals surface area contributed by atoms with E-state index in [0.717, 1.165) is 30.7 Å². The summed E-state index contributed by atoms with van der Waals surface area (Å²) in [4.78, 5) is 13.4. The molecule has 0 radical (unpaired) electrons. The van der Waals surface area contributed by atoms with Gasteiger partial charge in [0, 0.05) is 42.2 Å². The van der Waals surface area contributed by atoms with Gasteiger partial charge in [0.15, 0.2) is 0 Å². The first-order valence-electron chi connectivity index (χ1n) is 8.47. The van der Waals surface area contributed by atoms with Gasteiger partial charge >= 0.3 is 0 Å². The lowest BCUT2D eigenvalue weighted by atomic mass is 9.90. The highest BCUT2D eigenvalue weighted by Crippen LogP contribution is 2.54. The van der Waals surface area contributed by atoms with Crippen LogP contribution in [0, 0.1) is 16.0 Å². The summed E-state index contributed by atoms with van der Waals surface area (Å²) >= 11 is 0. The van der Waals surface area contributed by atoms with Crippen molar-refractivity contribution >= 4 is 5.69 Å². The molecule has 122 valence electrons. The first kappa shape index (κ1) is 14.0. The molecule has 5 nitrogen and oxygen atoms in total. The normalized spacial score (nSPS) is 27.4. The van der Waals surface area contributed by atoms with Crippen LogP contribution >= 0.6 is 0 Å². The van der Waals surface area contributed by atoms with Crippen molar-refractivity contribution in [1.29, 1.82) is 0 Å². The summed E-state index contributed by atoms with van der Waals surface area (Å²) in [6.07, 6.45) is 2.10. The van der Waals surface area contributed by atoms with E-state index in [1.165, 1.54) is 17.2 Å². The van der Waals surface area contributed by atoms with Gasteiger partial charge in [0.05, 0.1) is 11.5 Å². The molecule has 2 aromatic carbocycles. The molecule has 5 heteroatoms. The van der Waals surface area contributed by atoms with Crippen LogP contribution in [-0.4, -0.2) is 23.0 Å². The molecule has 0 spiro atoms. The minimum Gasteiger partial charge on any atom is -0.493 e. The predicted octanol–water partition coefficient (Wildman–Crippen LogP) is 3.65. The number of ether oxygens (including phenoxy) is 1. The molecule has 0 aliphatic carbocycles. The molecule has 0 aromatic heterocycles. The topological polar surface area (TPSA) is 55.6 Å². The Labute approximate surface area is 140 Å². The first-order chi connectivity index (χ1) is 11.7. The van der Waals surface area contributed by atoms with Crippen LogP contribution in [0.25, 0.3) is 0 Å². The Hall–Kier alpha value is -2.40. The van der Waals surface area contributed by atoms with E-state index in [4.69, 9.17) is 4.74 Å². The molecular weight excluding hydrogens is 304 g/mol. The summed E-state index contributed by atoms with van der Waals surface area (Å²) in [6.45, 7) is 1.70. The summed E-state index contributed by atoms with van der Waals surface area (Å²) in [7, 11) is 0. The summed E-state index contributed by atoms with van der Waals surface area (Å²) < 4.78 is 5.92. The second kappa shape index (κ2) is 5.05. The van der Waals surface area contributed by atoms with Crippen molar-refractivity contribution in [2.24, 2.45) is 5.92 Å². The molecule has 3 heterocycles. The van der Waals surface area contributed by atoms with Crippen LogP contribution in [0.2, 0.25) is 0 Å². The van der Waals surface area contributed by atoms with Crippen molar-refractivity contribution in [3.8, 4) is 5.75 Å². The van der Waals surface area contributed by atoms with E-state index >= 15 is 0 Å². The van der Waals surface area contributed by atoms with Gasteiger partial charge in [0.2, 0.25) is 0 Å². The number of nitrogens with zero attached hydrogens (tertiary/aromatic N) is 2. The molecule has 5 rings (SSSR count). The molecule has 3 aliphatic heterocycles. The van der Waals surface area contributed by atoms with Crippen molar-refractivity contribution in [3.05, 3.63) is 69.3 Å². The SMILES string of the molecule is O=[N+]([O-])c1ccc2c(c1)[C@H]1[C@@H](CO2)C[C@@H]2c3ccccc3CCN21. The molecule has 3 aliphatic rings. The van der Waals surface area contributed by atoms with E-state index < -0.39 is 0 Å². The van der Waals surface area contributed by atoms with Gasteiger partial charge in [-0.25, -0.2) is 0 Å². The Morgan fingerprint density at radius 3 is 2.92 bits per heavy atom. The minimum atomic E-state index is -0.318. The van der Waals surface area contributed by atoms with E-state index in [-0.39, 0.29) is 16.7 Å². The molecule has 0 saturated carbocycles. The zero-order chi connectivity index (χ0) is 16.3. The number of non-ortho nitro benzene ring substituents is 1. The maximum atomic E-state index is 11.2. The average Bonchev–Trinajstić information content (AvgIpc) is 3.00. The highest BCUT2D eigenvalue weighted by atomic mass is 16.6. The third kappa shape index (κ3) is 1.91. The molecule has 0 amide bonds.